The maximum absolute atomic E-state index is 11.3. The lowest BCUT2D eigenvalue weighted by atomic mass is 9.96. The first-order valence-electron chi connectivity index (χ1n) is 5.87. The van der Waals surface area contributed by atoms with Crippen molar-refractivity contribution < 1.29 is 8.42 Å². The second-order valence-electron chi connectivity index (χ2n) is 5.57. The Labute approximate surface area is 92.6 Å². The van der Waals surface area contributed by atoms with Gasteiger partial charge in [0.2, 0.25) is 0 Å². The lowest BCUT2D eigenvalue weighted by Gasteiger charge is -2.34. The van der Waals surface area contributed by atoms with Crippen LogP contribution in [0.3, 0.4) is 0 Å². The first-order valence-corrected chi connectivity index (χ1v) is 7.69. The van der Waals surface area contributed by atoms with Crippen molar-refractivity contribution in [2.75, 3.05) is 11.5 Å². The van der Waals surface area contributed by atoms with Crippen LogP contribution in [-0.2, 0) is 9.84 Å². The van der Waals surface area contributed by atoms with Gasteiger partial charge in [0.15, 0.2) is 0 Å². The summed E-state index contributed by atoms with van der Waals surface area (Å²) in [6.07, 6.45) is 4.23. The van der Waals surface area contributed by atoms with Gasteiger partial charge in [0.1, 0.15) is 9.84 Å². The van der Waals surface area contributed by atoms with Crippen molar-refractivity contribution in [2.24, 2.45) is 5.92 Å². The van der Waals surface area contributed by atoms with E-state index in [-0.39, 0.29) is 5.54 Å². The summed E-state index contributed by atoms with van der Waals surface area (Å²) in [5.41, 5.74) is 0.200. The molecule has 4 heteroatoms. The zero-order valence-corrected chi connectivity index (χ0v) is 10.4. The molecule has 0 radical (unpaired) electrons. The van der Waals surface area contributed by atoms with Crippen molar-refractivity contribution in [2.45, 2.75) is 51.1 Å². The molecule has 0 aromatic rings. The fourth-order valence-electron chi connectivity index (χ4n) is 2.48. The largest absolute Gasteiger partial charge is 0.309 e. The van der Waals surface area contributed by atoms with Crippen molar-refractivity contribution in [1.82, 2.24) is 5.32 Å². The van der Waals surface area contributed by atoms with Crippen molar-refractivity contribution in [1.29, 1.82) is 0 Å². The van der Waals surface area contributed by atoms with Crippen molar-refractivity contribution in [3.05, 3.63) is 0 Å². The Hall–Kier alpha value is -0.0900. The molecule has 2 rings (SSSR count). The summed E-state index contributed by atoms with van der Waals surface area (Å²) in [5.74, 6) is 1.53. The zero-order chi connectivity index (χ0) is 11.1. The van der Waals surface area contributed by atoms with Gasteiger partial charge in [-0.05, 0) is 45.4 Å². The molecule has 88 valence electrons. The number of rotatable bonds is 3. The molecule has 1 aliphatic heterocycles. The van der Waals surface area contributed by atoms with E-state index >= 15 is 0 Å². The van der Waals surface area contributed by atoms with Crippen LogP contribution in [0.5, 0.6) is 0 Å². The van der Waals surface area contributed by atoms with Gasteiger partial charge in [-0.15, -0.1) is 0 Å². The highest BCUT2D eigenvalue weighted by Crippen LogP contribution is 2.39. The quantitative estimate of drug-likeness (QED) is 0.797. The van der Waals surface area contributed by atoms with Gasteiger partial charge in [0, 0.05) is 11.6 Å². The van der Waals surface area contributed by atoms with Crippen LogP contribution >= 0.6 is 0 Å². The summed E-state index contributed by atoms with van der Waals surface area (Å²) >= 11 is 0. The highest BCUT2D eigenvalue weighted by atomic mass is 32.2. The molecule has 2 fully saturated rings. The molecule has 0 aromatic heterocycles. The van der Waals surface area contributed by atoms with Crippen LogP contribution in [0, 0.1) is 5.92 Å². The van der Waals surface area contributed by atoms with Crippen molar-refractivity contribution >= 4 is 9.84 Å². The van der Waals surface area contributed by atoms with Gasteiger partial charge in [0.25, 0.3) is 0 Å². The molecule has 0 bridgehead atoms. The average molecular weight is 231 g/mol. The summed E-state index contributed by atoms with van der Waals surface area (Å²) in [6.45, 7) is 4.49. The van der Waals surface area contributed by atoms with Crippen LogP contribution in [-0.4, -0.2) is 31.5 Å². The van der Waals surface area contributed by atoms with E-state index in [9.17, 15) is 8.42 Å². The van der Waals surface area contributed by atoms with Gasteiger partial charge in [0.05, 0.1) is 11.5 Å². The van der Waals surface area contributed by atoms with Gasteiger partial charge < -0.3 is 5.32 Å². The van der Waals surface area contributed by atoms with E-state index in [0.29, 0.717) is 17.5 Å². The van der Waals surface area contributed by atoms with Gasteiger partial charge in [-0.3, -0.25) is 0 Å². The molecule has 3 nitrogen and oxygen atoms in total. The predicted octanol–water partition coefficient (Wildman–Crippen LogP) is 1.34. The highest BCUT2D eigenvalue weighted by Gasteiger charge is 2.39. The summed E-state index contributed by atoms with van der Waals surface area (Å²) in [6, 6.07) is 0.407. The fraction of sp³-hybridized carbons (Fsp3) is 1.00. The molecular weight excluding hydrogens is 210 g/mol. The first-order chi connectivity index (χ1) is 6.89. The van der Waals surface area contributed by atoms with E-state index in [4.69, 9.17) is 0 Å². The molecule has 2 aliphatic rings. The van der Waals surface area contributed by atoms with E-state index < -0.39 is 9.84 Å². The highest BCUT2D eigenvalue weighted by molar-refractivity contribution is 7.91. The van der Waals surface area contributed by atoms with Crippen LogP contribution in [0.25, 0.3) is 0 Å². The Bertz CT molecular complexity index is 316. The molecule has 0 unspecified atom stereocenters. The number of hydrogen-bond donors (Lipinski definition) is 1. The van der Waals surface area contributed by atoms with E-state index in [0.717, 1.165) is 18.8 Å². The maximum Gasteiger partial charge on any atom is 0.150 e. The molecule has 0 atom stereocenters. The summed E-state index contributed by atoms with van der Waals surface area (Å²) < 4.78 is 22.6. The third-order valence-corrected chi connectivity index (χ3v) is 5.44. The van der Waals surface area contributed by atoms with Crippen LogP contribution in [0.2, 0.25) is 0 Å². The monoisotopic (exact) mass is 231 g/mol. The molecule has 0 aromatic carbocycles. The molecule has 1 aliphatic carbocycles. The molecule has 15 heavy (non-hydrogen) atoms. The minimum atomic E-state index is -2.72. The predicted molar refractivity (Wildman–Crippen MR) is 61.6 cm³/mol. The Morgan fingerprint density at radius 2 is 1.60 bits per heavy atom. The summed E-state index contributed by atoms with van der Waals surface area (Å²) in [5, 5.41) is 3.63. The second-order valence-corrected chi connectivity index (χ2v) is 7.87. The first kappa shape index (κ1) is 11.4. The zero-order valence-electron chi connectivity index (χ0n) is 9.62. The van der Waals surface area contributed by atoms with Gasteiger partial charge in [-0.25, -0.2) is 8.42 Å². The van der Waals surface area contributed by atoms with Crippen LogP contribution in [0.4, 0.5) is 0 Å². The Morgan fingerprint density at radius 3 is 2.07 bits per heavy atom. The average Bonchev–Trinajstić information content (AvgIpc) is 2.91. The Kier molecular flexibility index (Phi) is 2.84. The smallest absolute Gasteiger partial charge is 0.150 e. The van der Waals surface area contributed by atoms with Crippen LogP contribution in [0.15, 0.2) is 0 Å². The molecule has 0 spiro atoms. The van der Waals surface area contributed by atoms with Crippen LogP contribution in [0.1, 0.15) is 39.5 Å². The number of sulfone groups is 1. The molecular formula is C11H21NO2S. The number of nitrogens with one attached hydrogen (secondary N) is 1. The third-order valence-electron chi connectivity index (χ3n) is 3.73. The van der Waals surface area contributed by atoms with Gasteiger partial charge in [-0.1, -0.05) is 0 Å². The van der Waals surface area contributed by atoms with E-state index in [2.05, 4.69) is 19.2 Å². The molecule has 1 heterocycles. The van der Waals surface area contributed by atoms with Crippen molar-refractivity contribution in [3.63, 3.8) is 0 Å². The molecule has 0 amide bonds. The molecule has 1 N–H and O–H groups in total. The summed E-state index contributed by atoms with van der Waals surface area (Å²) in [4.78, 5) is 0. The SMILES string of the molecule is CC(C)(NC1CCS(=O)(=O)CC1)C1CC1. The molecule has 1 saturated carbocycles. The Morgan fingerprint density at radius 1 is 1.07 bits per heavy atom. The van der Waals surface area contributed by atoms with Gasteiger partial charge >= 0.3 is 0 Å². The van der Waals surface area contributed by atoms with Gasteiger partial charge in [-0.2, -0.15) is 0 Å². The lowest BCUT2D eigenvalue weighted by molar-refractivity contribution is 0.284. The normalized spacial score (nSPS) is 27.9. The molecule has 1 saturated heterocycles. The second kappa shape index (κ2) is 3.74. The van der Waals surface area contributed by atoms with E-state index in [1.807, 2.05) is 0 Å². The minimum absolute atomic E-state index is 0.200. The van der Waals surface area contributed by atoms with Crippen molar-refractivity contribution in [3.8, 4) is 0 Å². The number of hydrogen-bond acceptors (Lipinski definition) is 3. The standard InChI is InChI=1S/C11H21NO2S/c1-11(2,9-3-4-9)12-10-5-7-15(13,14)8-6-10/h9-10,12H,3-8H2,1-2H3. The lowest BCUT2D eigenvalue weighted by Crippen LogP contribution is -2.50. The third kappa shape index (κ3) is 2.94. The van der Waals surface area contributed by atoms with Crippen LogP contribution < -0.4 is 5.32 Å². The maximum atomic E-state index is 11.3. The minimum Gasteiger partial charge on any atom is -0.309 e. The Balaban J connectivity index is 1.86. The fourth-order valence-corrected chi connectivity index (χ4v) is 3.97. The van der Waals surface area contributed by atoms with E-state index in [1.54, 1.807) is 0 Å². The topological polar surface area (TPSA) is 46.2 Å². The summed E-state index contributed by atoms with van der Waals surface area (Å²) in [7, 11) is -2.72. The van der Waals surface area contributed by atoms with E-state index in [1.165, 1.54) is 12.8 Å².